The molecule has 0 amide bonds. The molecule has 0 unspecified atom stereocenters. The van der Waals surface area contributed by atoms with E-state index in [4.69, 9.17) is 5.73 Å². The average Bonchev–Trinajstić information content (AvgIpc) is 2.39. The Bertz CT molecular complexity index is 470. The average molecular weight is 334 g/mol. The van der Waals surface area contributed by atoms with Crippen molar-refractivity contribution in [2.24, 2.45) is 5.73 Å². The van der Waals surface area contributed by atoms with Gasteiger partial charge in [0.25, 0.3) is 5.69 Å². The Balaban J connectivity index is 3.26. The van der Waals surface area contributed by atoms with Gasteiger partial charge in [-0.15, -0.1) is 0 Å². The Morgan fingerprint density at radius 3 is 2.47 bits per heavy atom. The number of halogens is 2. The van der Waals surface area contributed by atoms with Gasteiger partial charge in [0.1, 0.15) is 11.5 Å². The van der Waals surface area contributed by atoms with Crippen molar-refractivity contribution in [3.8, 4) is 0 Å². The summed E-state index contributed by atoms with van der Waals surface area (Å²) < 4.78 is 13.6. The summed E-state index contributed by atoms with van der Waals surface area (Å²) in [6.45, 7) is 4.24. The lowest BCUT2D eigenvalue weighted by Crippen LogP contribution is -2.44. The van der Waals surface area contributed by atoms with Gasteiger partial charge in [-0.25, -0.2) is 4.39 Å². The summed E-state index contributed by atoms with van der Waals surface area (Å²) in [4.78, 5) is 10.4. The third kappa shape index (κ3) is 3.42. The largest absolute Gasteiger partial charge is 0.373 e. The van der Waals surface area contributed by atoms with Crippen LogP contribution in [0.4, 0.5) is 15.8 Å². The normalized spacial score (nSPS) is 11.4. The first-order valence-electron chi connectivity index (χ1n) is 6.00. The summed E-state index contributed by atoms with van der Waals surface area (Å²) in [6.07, 6.45) is 1.43. The third-order valence-electron chi connectivity index (χ3n) is 3.38. The van der Waals surface area contributed by atoms with Crippen LogP contribution in [0.15, 0.2) is 16.6 Å². The molecule has 0 heterocycles. The highest BCUT2D eigenvalue weighted by atomic mass is 79.9. The highest BCUT2D eigenvalue weighted by Gasteiger charge is 2.28. The minimum absolute atomic E-state index is 0.179. The third-order valence-corrected chi connectivity index (χ3v) is 3.99. The molecule has 0 atom stereocenters. The lowest BCUT2D eigenvalue weighted by atomic mass is 9.92. The van der Waals surface area contributed by atoms with E-state index in [0.717, 1.165) is 6.07 Å². The molecule has 5 nitrogen and oxygen atoms in total. The zero-order chi connectivity index (χ0) is 14.6. The molecule has 0 saturated heterocycles. The highest BCUT2D eigenvalue weighted by molar-refractivity contribution is 9.10. The zero-order valence-corrected chi connectivity index (χ0v) is 12.5. The standard InChI is InChI=1S/C12H17BrFN3O2/c1-3-12(4-2,7-15)16-10-5-8(13)9(14)6-11(10)17(18)19/h5-6,16H,3-4,7,15H2,1-2H3. The second-order valence-corrected chi connectivity index (χ2v) is 5.21. The lowest BCUT2D eigenvalue weighted by Gasteiger charge is -2.32. The molecular formula is C12H17BrFN3O2. The number of nitrogens with one attached hydrogen (secondary N) is 1. The Morgan fingerprint density at radius 1 is 1.47 bits per heavy atom. The maximum atomic E-state index is 13.4. The topological polar surface area (TPSA) is 81.2 Å². The molecule has 1 aromatic rings. The minimum atomic E-state index is -0.663. The summed E-state index contributed by atoms with van der Waals surface area (Å²) in [5.41, 5.74) is 5.30. The van der Waals surface area contributed by atoms with Gasteiger partial charge in [0.2, 0.25) is 0 Å². The maximum absolute atomic E-state index is 13.4. The molecule has 0 aliphatic rings. The van der Waals surface area contributed by atoms with Gasteiger partial charge in [0.05, 0.1) is 15.5 Å². The fourth-order valence-electron chi connectivity index (χ4n) is 1.84. The Morgan fingerprint density at radius 2 is 2.05 bits per heavy atom. The van der Waals surface area contributed by atoms with E-state index in [0.29, 0.717) is 19.4 Å². The number of nitro benzene ring substituents is 1. The van der Waals surface area contributed by atoms with Crippen LogP contribution in [0.2, 0.25) is 0 Å². The molecule has 19 heavy (non-hydrogen) atoms. The van der Waals surface area contributed by atoms with E-state index in [1.54, 1.807) is 0 Å². The van der Waals surface area contributed by atoms with Crippen LogP contribution in [0.25, 0.3) is 0 Å². The summed E-state index contributed by atoms with van der Waals surface area (Å²) >= 11 is 3.03. The van der Waals surface area contributed by atoms with E-state index in [1.807, 2.05) is 13.8 Å². The number of anilines is 1. The Labute approximate surface area is 119 Å². The summed E-state index contributed by atoms with van der Waals surface area (Å²) in [6, 6.07) is 2.28. The van der Waals surface area contributed by atoms with Crippen LogP contribution < -0.4 is 11.1 Å². The number of nitrogens with two attached hydrogens (primary N) is 1. The van der Waals surface area contributed by atoms with Gasteiger partial charge in [-0.2, -0.15) is 0 Å². The van der Waals surface area contributed by atoms with E-state index < -0.39 is 16.3 Å². The molecular weight excluding hydrogens is 317 g/mol. The monoisotopic (exact) mass is 333 g/mol. The first-order chi connectivity index (χ1) is 8.89. The van der Waals surface area contributed by atoms with E-state index in [2.05, 4.69) is 21.2 Å². The van der Waals surface area contributed by atoms with E-state index >= 15 is 0 Å². The van der Waals surface area contributed by atoms with Crippen molar-refractivity contribution in [2.45, 2.75) is 32.2 Å². The number of hydrogen-bond donors (Lipinski definition) is 2. The van der Waals surface area contributed by atoms with Crippen molar-refractivity contribution in [3.05, 3.63) is 32.5 Å². The van der Waals surface area contributed by atoms with E-state index in [-0.39, 0.29) is 15.8 Å². The number of rotatable bonds is 6. The molecule has 0 saturated carbocycles. The highest BCUT2D eigenvalue weighted by Crippen LogP contribution is 2.33. The molecule has 1 aromatic carbocycles. The molecule has 0 fully saturated rings. The molecule has 106 valence electrons. The predicted molar refractivity (Wildman–Crippen MR) is 76.7 cm³/mol. The molecule has 0 spiro atoms. The molecule has 0 aliphatic heterocycles. The van der Waals surface area contributed by atoms with Gasteiger partial charge in [0.15, 0.2) is 0 Å². The Kier molecular flexibility index (Phi) is 5.25. The fraction of sp³-hybridized carbons (Fsp3) is 0.500. The van der Waals surface area contributed by atoms with Crippen molar-refractivity contribution in [1.82, 2.24) is 0 Å². The summed E-state index contributed by atoms with van der Waals surface area (Å²) in [5, 5.41) is 14.1. The van der Waals surface area contributed by atoms with Gasteiger partial charge in [-0.1, -0.05) is 13.8 Å². The van der Waals surface area contributed by atoms with E-state index in [9.17, 15) is 14.5 Å². The first-order valence-corrected chi connectivity index (χ1v) is 6.80. The molecule has 1 rings (SSSR count). The van der Waals surface area contributed by atoms with Crippen LogP contribution >= 0.6 is 15.9 Å². The quantitative estimate of drug-likeness (QED) is 0.617. The molecule has 3 N–H and O–H groups in total. The molecule has 0 aromatic heterocycles. The van der Waals surface area contributed by atoms with Gasteiger partial charge in [-0.05, 0) is 34.8 Å². The number of benzene rings is 1. The lowest BCUT2D eigenvalue weighted by molar-refractivity contribution is -0.384. The van der Waals surface area contributed by atoms with Crippen molar-refractivity contribution in [3.63, 3.8) is 0 Å². The zero-order valence-electron chi connectivity index (χ0n) is 10.9. The van der Waals surface area contributed by atoms with E-state index in [1.165, 1.54) is 6.07 Å². The molecule has 0 aliphatic carbocycles. The van der Waals surface area contributed by atoms with Gasteiger partial charge in [0, 0.05) is 12.1 Å². The second kappa shape index (κ2) is 6.29. The minimum Gasteiger partial charge on any atom is -0.373 e. The van der Waals surface area contributed by atoms with Crippen LogP contribution in [0.3, 0.4) is 0 Å². The first kappa shape index (κ1) is 15.8. The number of hydrogen-bond acceptors (Lipinski definition) is 4. The SMILES string of the molecule is CCC(CC)(CN)Nc1cc(Br)c(F)cc1[N+](=O)[O-]. The smallest absolute Gasteiger partial charge is 0.295 e. The maximum Gasteiger partial charge on any atom is 0.295 e. The van der Waals surface area contributed by atoms with Crippen molar-refractivity contribution < 1.29 is 9.31 Å². The second-order valence-electron chi connectivity index (χ2n) is 4.36. The molecule has 0 bridgehead atoms. The van der Waals surface area contributed by atoms with Crippen LogP contribution in [0, 0.1) is 15.9 Å². The molecule has 7 heteroatoms. The van der Waals surface area contributed by atoms with Crippen LogP contribution in [-0.4, -0.2) is 17.0 Å². The summed E-state index contributed by atoms with van der Waals surface area (Å²) in [7, 11) is 0. The van der Waals surface area contributed by atoms with Gasteiger partial charge in [-0.3, -0.25) is 10.1 Å². The number of nitro groups is 1. The van der Waals surface area contributed by atoms with Crippen molar-refractivity contribution in [1.29, 1.82) is 0 Å². The fourth-order valence-corrected chi connectivity index (χ4v) is 2.18. The Hall–Kier alpha value is -1.21. The van der Waals surface area contributed by atoms with Crippen LogP contribution in [-0.2, 0) is 0 Å². The van der Waals surface area contributed by atoms with Crippen LogP contribution in [0.1, 0.15) is 26.7 Å². The summed E-state index contributed by atoms with van der Waals surface area (Å²) in [5.74, 6) is -0.663. The van der Waals surface area contributed by atoms with Gasteiger partial charge < -0.3 is 11.1 Å². The van der Waals surface area contributed by atoms with Gasteiger partial charge >= 0.3 is 0 Å². The van der Waals surface area contributed by atoms with Crippen molar-refractivity contribution >= 4 is 27.3 Å². The predicted octanol–water partition coefficient (Wildman–Crippen LogP) is 3.43. The molecule has 0 radical (unpaired) electrons. The number of nitrogens with zero attached hydrogens (tertiary/aromatic N) is 1. The van der Waals surface area contributed by atoms with Crippen molar-refractivity contribution in [2.75, 3.05) is 11.9 Å². The van der Waals surface area contributed by atoms with Crippen LogP contribution in [0.5, 0.6) is 0 Å².